The summed E-state index contributed by atoms with van der Waals surface area (Å²) in [5.41, 5.74) is 4.33. The van der Waals surface area contributed by atoms with Crippen molar-refractivity contribution >= 4 is 12.1 Å². The summed E-state index contributed by atoms with van der Waals surface area (Å²) in [5.74, 6) is 0.247. The van der Waals surface area contributed by atoms with Gasteiger partial charge in [0.05, 0.1) is 19.4 Å². The van der Waals surface area contributed by atoms with Crippen LogP contribution in [0.25, 0.3) is 0 Å². The van der Waals surface area contributed by atoms with Crippen LogP contribution in [0.4, 0.5) is 0 Å². The van der Waals surface area contributed by atoms with E-state index in [9.17, 15) is 9.90 Å². The number of piperazine rings is 1. The number of hydrogen-bond donors (Lipinski definition) is 2. The molecule has 0 bridgehead atoms. The summed E-state index contributed by atoms with van der Waals surface area (Å²) >= 11 is 0. The van der Waals surface area contributed by atoms with Gasteiger partial charge in [-0.3, -0.25) is 14.6 Å². The first-order chi connectivity index (χ1) is 14.2. The highest BCUT2D eigenvalue weighted by Crippen LogP contribution is 2.28. The molecular formula is C22H28N4O3. The second kappa shape index (κ2) is 10.6. The zero-order valence-corrected chi connectivity index (χ0v) is 16.8. The van der Waals surface area contributed by atoms with Crippen LogP contribution in [0.5, 0.6) is 11.5 Å². The molecule has 0 spiro atoms. The molecule has 2 aromatic rings. The number of benzene rings is 2. The molecule has 1 fully saturated rings. The summed E-state index contributed by atoms with van der Waals surface area (Å²) < 4.78 is 5.34. The van der Waals surface area contributed by atoms with E-state index in [2.05, 4.69) is 44.6 Å². The first-order valence-corrected chi connectivity index (χ1v) is 9.91. The van der Waals surface area contributed by atoms with Crippen LogP contribution in [0.15, 0.2) is 53.6 Å². The fourth-order valence-electron chi connectivity index (χ4n) is 3.27. The van der Waals surface area contributed by atoms with Gasteiger partial charge in [-0.05, 0) is 24.6 Å². The van der Waals surface area contributed by atoms with Crippen molar-refractivity contribution < 1.29 is 14.6 Å². The zero-order valence-electron chi connectivity index (χ0n) is 16.8. The summed E-state index contributed by atoms with van der Waals surface area (Å²) in [5, 5.41) is 14.1. The molecule has 0 radical (unpaired) electrons. The minimum Gasteiger partial charge on any atom is -0.504 e. The molecule has 1 heterocycles. The number of hydrazone groups is 1. The van der Waals surface area contributed by atoms with Gasteiger partial charge >= 0.3 is 0 Å². The second-order valence-electron chi connectivity index (χ2n) is 6.96. The van der Waals surface area contributed by atoms with Crippen LogP contribution in [0.3, 0.4) is 0 Å². The third kappa shape index (κ3) is 6.30. The molecule has 2 aromatic carbocycles. The van der Waals surface area contributed by atoms with Gasteiger partial charge in [0.25, 0.3) is 5.91 Å². The fourth-order valence-corrected chi connectivity index (χ4v) is 3.27. The molecule has 1 aliphatic heterocycles. The van der Waals surface area contributed by atoms with E-state index in [0.717, 1.165) is 32.7 Å². The van der Waals surface area contributed by atoms with Crippen LogP contribution >= 0.6 is 0 Å². The highest BCUT2D eigenvalue weighted by Gasteiger charge is 2.18. The largest absolute Gasteiger partial charge is 0.504 e. The lowest BCUT2D eigenvalue weighted by atomic mass is 10.2. The number of rotatable bonds is 8. The maximum Gasteiger partial charge on any atom is 0.254 e. The smallest absolute Gasteiger partial charge is 0.254 e. The first kappa shape index (κ1) is 20.8. The molecule has 1 amide bonds. The number of carbonyl (C=O) groups excluding carboxylic acids is 1. The van der Waals surface area contributed by atoms with Crippen molar-refractivity contribution in [3.8, 4) is 11.5 Å². The Bertz CT molecular complexity index is 818. The van der Waals surface area contributed by atoms with E-state index >= 15 is 0 Å². The van der Waals surface area contributed by atoms with Crippen molar-refractivity contribution in [3.63, 3.8) is 0 Å². The van der Waals surface area contributed by atoms with E-state index in [1.54, 1.807) is 18.2 Å². The molecule has 1 aliphatic rings. The Labute approximate surface area is 171 Å². The number of phenols is 1. The van der Waals surface area contributed by atoms with Crippen molar-refractivity contribution in [1.82, 2.24) is 15.2 Å². The molecule has 0 saturated carbocycles. The molecule has 3 rings (SSSR count). The Kier molecular flexibility index (Phi) is 7.61. The zero-order chi connectivity index (χ0) is 20.5. The topological polar surface area (TPSA) is 77.4 Å². The molecule has 0 atom stereocenters. The SMILES string of the molecule is CCOc1cccc(C=NNC(=O)CN2CCN(Cc3ccccc3)CC2)c1O. The van der Waals surface area contributed by atoms with Gasteiger partial charge in [-0.1, -0.05) is 36.4 Å². The standard InChI is InChI=1S/C22H28N4O3/c1-2-29-20-10-6-9-19(22(20)28)15-23-24-21(27)17-26-13-11-25(12-14-26)16-18-7-4-3-5-8-18/h3-10,15,28H,2,11-14,16-17H2,1H3,(H,24,27). The summed E-state index contributed by atoms with van der Waals surface area (Å²) in [6.07, 6.45) is 1.42. The van der Waals surface area contributed by atoms with Crippen LogP contribution in [0.2, 0.25) is 0 Å². The van der Waals surface area contributed by atoms with E-state index in [4.69, 9.17) is 4.74 Å². The van der Waals surface area contributed by atoms with E-state index < -0.39 is 0 Å². The Morgan fingerprint density at radius 1 is 1.10 bits per heavy atom. The van der Waals surface area contributed by atoms with E-state index in [1.807, 2.05) is 13.0 Å². The molecule has 0 aromatic heterocycles. The van der Waals surface area contributed by atoms with Gasteiger partial charge in [0.15, 0.2) is 11.5 Å². The van der Waals surface area contributed by atoms with Crippen LogP contribution in [-0.4, -0.2) is 66.4 Å². The number of nitrogens with zero attached hydrogens (tertiary/aromatic N) is 3. The van der Waals surface area contributed by atoms with Crippen molar-refractivity contribution in [3.05, 3.63) is 59.7 Å². The summed E-state index contributed by atoms with van der Waals surface area (Å²) in [6.45, 7) is 7.12. The van der Waals surface area contributed by atoms with Crippen LogP contribution in [-0.2, 0) is 11.3 Å². The number of ether oxygens (including phenoxy) is 1. The Hall–Kier alpha value is -2.90. The van der Waals surface area contributed by atoms with Crippen LogP contribution in [0, 0.1) is 0 Å². The second-order valence-corrected chi connectivity index (χ2v) is 6.96. The molecule has 7 heteroatoms. The molecular weight excluding hydrogens is 368 g/mol. The third-order valence-corrected chi connectivity index (χ3v) is 4.80. The maximum absolute atomic E-state index is 12.2. The number of phenolic OH excluding ortho intramolecular Hbond substituents is 1. The van der Waals surface area contributed by atoms with Crippen molar-refractivity contribution in [1.29, 1.82) is 0 Å². The molecule has 7 nitrogen and oxygen atoms in total. The quantitative estimate of drug-likeness (QED) is 0.528. The van der Waals surface area contributed by atoms with E-state index in [1.165, 1.54) is 11.8 Å². The van der Waals surface area contributed by atoms with Crippen molar-refractivity contribution in [2.45, 2.75) is 13.5 Å². The van der Waals surface area contributed by atoms with Crippen molar-refractivity contribution in [2.24, 2.45) is 5.10 Å². The minimum absolute atomic E-state index is 0.0156. The van der Waals surface area contributed by atoms with E-state index in [0.29, 0.717) is 24.5 Å². The third-order valence-electron chi connectivity index (χ3n) is 4.80. The summed E-state index contributed by atoms with van der Waals surface area (Å²) in [4.78, 5) is 16.7. The van der Waals surface area contributed by atoms with Crippen LogP contribution < -0.4 is 10.2 Å². The number of aromatic hydroxyl groups is 1. The molecule has 2 N–H and O–H groups in total. The van der Waals surface area contributed by atoms with Gasteiger partial charge in [-0.15, -0.1) is 0 Å². The minimum atomic E-state index is -0.168. The Morgan fingerprint density at radius 2 is 1.83 bits per heavy atom. The molecule has 0 unspecified atom stereocenters. The summed E-state index contributed by atoms with van der Waals surface area (Å²) in [6, 6.07) is 15.6. The lowest BCUT2D eigenvalue weighted by Gasteiger charge is -2.34. The predicted molar refractivity (Wildman–Crippen MR) is 113 cm³/mol. The van der Waals surface area contributed by atoms with Crippen LogP contribution in [0.1, 0.15) is 18.1 Å². The number of hydrogen-bond acceptors (Lipinski definition) is 6. The predicted octanol–water partition coefficient (Wildman–Crippen LogP) is 2.06. The molecule has 29 heavy (non-hydrogen) atoms. The maximum atomic E-state index is 12.2. The number of nitrogens with one attached hydrogen (secondary N) is 1. The monoisotopic (exact) mass is 396 g/mol. The molecule has 154 valence electrons. The highest BCUT2D eigenvalue weighted by atomic mass is 16.5. The van der Waals surface area contributed by atoms with Gasteiger partial charge in [0, 0.05) is 38.3 Å². The number of amides is 1. The van der Waals surface area contributed by atoms with Gasteiger partial charge < -0.3 is 9.84 Å². The highest BCUT2D eigenvalue weighted by molar-refractivity contribution is 5.86. The normalized spacial score (nSPS) is 15.5. The first-order valence-electron chi connectivity index (χ1n) is 9.91. The average Bonchev–Trinajstić information content (AvgIpc) is 2.73. The number of carbonyl (C=O) groups is 1. The Balaban J connectivity index is 1.41. The summed E-state index contributed by atoms with van der Waals surface area (Å²) in [7, 11) is 0. The van der Waals surface area contributed by atoms with Crippen molar-refractivity contribution in [2.75, 3.05) is 39.3 Å². The van der Waals surface area contributed by atoms with Gasteiger partial charge in [0.2, 0.25) is 0 Å². The average molecular weight is 396 g/mol. The number of para-hydroxylation sites is 1. The van der Waals surface area contributed by atoms with Gasteiger partial charge in [-0.2, -0.15) is 5.10 Å². The molecule has 1 saturated heterocycles. The van der Waals surface area contributed by atoms with E-state index in [-0.39, 0.29) is 11.7 Å². The Morgan fingerprint density at radius 3 is 2.55 bits per heavy atom. The fraction of sp³-hybridized carbons (Fsp3) is 0.364. The molecule has 0 aliphatic carbocycles. The van der Waals surface area contributed by atoms with Gasteiger partial charge in [-0.25, -0.2) is 5.43 Å². The van der Waals surface area contributed by atoms with Gasteiger partial charge in [0.1, 0.15) is 0 Å². The lowest BCUT2D eigenvalue weighted by molar-refractivity contribution is -0.122. The lowest BCUT2D eigenvalue weighted by Crippen LogP contribution is -2.48.